The molecule has 34 heavy (non-hydrogen) atoms. The number of likely N-dealkylation sites (N-methyl/N-ethyl adjacent to an activating group) is 1. The molecule has 0 radical (unpaired) electrons. The van der Waals surface area contributed by atoms with Gasteiger partial charge in [0.15, 0.2) is 5.43 Å². The second-order valence-electron chi connectivity index (χ2n) is 8.05. The largest absolute Gasteiger partial charge is 0.494 e. The third-order valence-corrected chi connectivity index (χ3v) is 6.20. The van der Waals surface area contributed by atoms with Crippen LogP contribution < -0.4 is 10.2 Å². The lowest BCUT2D eigenvalue weighted by atomic mass is 9.98. The third-order valence-electron chi connectivity index (χ3n) is 6.20. The molecule has 0 spiro atoms. The molecule has 1 aliphatic heterocycles. The first kappa shape index (κ1) is 23.4. The number of ether oxygens (including phenoxy) is 1. The minimum absolute atomic E-state index is 0.0257. The van der Waals surface area contributed by atoms with E-state index < -0.39 is 16.9 Å². The zero-order valence-electron chi connectivity index (χ0n) is 19.4. The van der Waals surface area contributed by atoms with Gasteiger partial charge in [-0.3, -0.25) is 19.7 Å². The van der Waals surface area contributed by atoms with Crippen molar-refractivity contribution in [3.8, 4) is 5.75 Å². The van der Waals surface area contributed by atoms with Gasteiger partial charge in [0, 0.05) is 31.3 Å². The summed E-state index contributed by atoms with van der Waals surface area (Å²) in [6.45, 7) is 8.95. The van der Waals surface area contributed by atoms with Gasteiger partial charge in [0.2, 0.25) is 5.76 Å². The highest BCUT2D eigenvalue weighted by molar-refractivity contribution is 5.99. The van der Waals surface area contributed by atoms with Gasteiger partial charge in [0.1, 0.15) is 11.3 Å². The zero-order chi connectivity index (χ0) is 24.4. The second kappa shape index (κ2) is 9.64. The molecule has 4 rings (SSSR count). The van der Waals surface area contributed by atoms with Gasteiger partial charge in [-0.15, -0.1) is 0 Å². The highest BCUT2D eigenvalue weighted by Crippen LogP contribution is 2.39. The van der Waals surface area contributed by atoms with Gasteiger partial charge in [-0.2, -0.15) is 0 Å². The molecule has 178 valence electrons. The van der Waals surface area contributed by atoms with Gasteiger partial charge in [-0.05, 0) is 37.7 Å². The minimum atomic E-state index is -0.773. The Labute approximate surface area is 196 Å². The molecule has 2 heterocycles. The summed E-state index contributed by atoms with van der Waals surface area (Å²) in [7, 11) is 0. The molecule has 0 saturated carbocycles. The molecule has 0 saturated heterocycles. The standard InChI is InChI=1S/C25H27N3O6/c1-4-26(5-2)12-13-27-22(16-8-7-9-17(14-16)28(31)32)21-23(29)19-11-10-18(33-6-3)15-20(19)34-24(21)25(27)30/h7-11,14-15,22H,4-6,12-13H2,1-3H3. The number of non-ortho nitro benzene ring substituents is 1. The van der Waals surface area contributed by atoms with E-state index in [1.807, 2.05) is 20.8 Å². The Kier molecular flexibility index (Phi) is 6.65. The molecule has 1 atom stereocenters. The molecule has 1 aliphatic rings. The number of carbonyl (C=O) groups excluding carboxylic acids is 1. The van der Waals surface area contributed by atoms with Crippen molar-refractivity contribution in [2.75, 3.05) is 32.8 Å². The van der Waals surface area contributed by atoms with Crippen LogP contribution in [-0.2, 0) is 0 Å². The Bertz CT molecular complexity index is 1300. The van der Waals surface area contributed by atoms with Crippen LogP contribution in [0.2, 0.25) is 0 Å². The minimum Gasteiger partial charge on any atom is -0.494 e. The first-order valence-electron chi connectivity index (χ1n) is 11.4. The predicted molar refractivity (Wildman–Crippen MR) is 127 cm³/mol. The van der Waals surface area contributed by atoms with E-state index in [2.05, 4.69) is 4.90 Å². The fraction of sp³-hybridized carbons (Fsp3) is 0.360. The maximum atomic E-state index is 13.6. The van der Waals surface area contributed by atoms with Crippen molar-refractivity contribution in [1.82, 2.24) is 9.80 Å². The molecular formula is C25H27N3O6. The van der Waals surface area contributed by atoms with Crippen LogP contribution >= 0.6 is 0 Å². The summed E-state index contributed by atoms with van der Waals surface area (Å²) in [6.07, 6.45) is 0. The van der Waals surface area contributed by atoms with Crippen molar-refractivity contribution in [2.24, 2.45) is 0 Å². The number of hydrogen-bond acceptors (Lipinski definition) is 7. The van der Waals surface area contributed by atoms with Crippen molar-refractivity contribution in [3.05, 3.63) is 79.7 Å². The maximum Gasteiger partial charge on any atom is 0.290 e. The first-order chi connectivity index (χ1) is 16.4. The summed E-state index contributed by atoms with van der Waals surface area (Å²) in [5.74, 6) is 0.110. The molecule has 1 aromatic heterocycles. The van der Waals surface area contributed by atoms with Gasteiger partial charge in [-0.1, -0.05) is 26.0 Å². The van der Waals surface area contributed by atoms with E-state index in [4.69, 9.17) is 9.15 Å². The zero-order valence-corrected chi connectivity index (χ0v) is 19.4. The summed E-state index contributed by atoms with van der Waals surface area (Å²) < 4.78 is 11.5. The Balaban J connectivity index is 1.88. The van der Waals surface area contributed by atoms with Crippen LogP contribution in [0.1, 0.15) is 48.5 Å². The summed E-state index contributed by atoms with van der Waals surface area (Å²) in [5.41, 5.74) is 0.551. The molecule has 0 N–H and O–H groups in total. The number of benzene rings is 2. The average molecular weight is 466 g/mol. The SMILES string of the molecule is CCOc1ccc2c(=O)c3c(oc2c1)C(=O)N(CCN(CC)CC)C3c1cccc([N+](=O)[O-])c1. The summed E-state index contributed by atoms with van der Waals surface area (Å²) in [5, 5.41) is 11.7. The number of hydrogen-bond donors (Lipinski definition) is 0. The Morgan fingerprint density at radius 1 is 1.12 bits per heavy atom. The van der Waals surface area contributed by atoms with Gasteiger partial charge in [0.05, 0.1) is 28.5 Å². The number of nitro groups is 1. The average Bonchev–Trinajstić information content (AvgIpc) is 3.12. The molecular weight excluding hydrogens is 438 g/mol. The molecule has 2 aromatic carbocycles. The van der Waals surface area contributed by atoms with E-state index in [-0.39, 0.29) is 28.0 Å². The predicted octanol–water partition coefficient (Wildman–Crippen LogP) is 3.99. The number of rotatable bonds is 9. The van der Waals surface area contributed by atoms with E-state index in [0.717, 1.165) is 13.1 Å². The molecule has 0 aliphatic carbocycles. The number of nitrogens with zero attached hydrogens (tertiary/aromatic N) is 3. The molecule has 9 nitrogen and oxygen atoms in total. The number of carbonyl (C=O) groups is 1. The van der Waals surface area contributed by atoms with Crippen molar-refractivity contribution in [2.45, 2.75) is 26.8 Å². The van der Waals surface area contributed by atoms with Gasteiger partial charge < -0.3 is 19.0 Å². The van der Waals surface area contributed by atoms with E-state index >= 15 is 0 Å². The lowest BCUT2D eigenvalue weighted by Crippen LogP contribution is -2.37. The van der Waals surface area contributed by atoms with Crippen LogP contribution in [0.5, 0.6) is 5.75 Å². The second-order valence-corrected chi connectivity index (χ2v) is 8.05. The first-order valence-corrected chi connectivity index (χ1v) is 11.4. The van der Waals surface area contributed by atoms with Crippen LogP contribution in [0, 0.1) is 10.1 Å². The molecule has 0 bridgehead atoms. The van der Waals surface area contributed by atoms with Crippen LogP contribution in [0.4, 0.5) is 5.69 Å². The van der Waals surface area contributed by atoms with E-state index in [1.165, 1.54) is 12.1 Å². The van der Waals surface area contributed by atoms with Gasteiger partial charge in [-0.25, -0.2) is 0 Å². The van der Waals surface area contributed by atoms with Crippen LogP contribution in [0.25, 0.3) is 11.0 Å². The summed E-state index contributed by atoms with van der Waals surface area (Å²) in [4.78, 5) is 41.8. The summed E-state index contributed by atoms with van der Waals surface area (Å²) >= 11 is 0. The topological polar surface area (TPSA) is 106 Å². The van der Waals surface area contributed by atoms with Crippen molar-refractivity contribution >= 4 is 22.6 Å². The highest BCUT2D eigenvalue weighted by Gasteiger charge is 2.43. The van der Waals surface area contributed by atoms with Crippen molar-refractivity contribution in [3.63, 3.8) is 0 Å². The molecule has 1 amide bonds. The van der Waals surface area contributed by atoms with E-state index in [0.29, 0.717) is 36.4 Å². The Hall–Kier alpha value is -3.72. The molecule has 0 fully saturated rings. The van der Waals surface area contributed by atoms with E-state index in [9.17, 15) is 19.7 Å². The summed E-state index contributed by atoms with van der Waals surface area (Å²) in [6, 6.07) is 10.2. The fourth-order valence-electron chi connectivity index (χ4n) is 4.43. The fourth-order valence-corrected chi connectivity index (χ4v) is 4.43. The van der Waals surface area contributed by atoms with Gasteiger partial charge >= 0.3 is 0 Å². The molecule has 9 heteroatoms. The smallest absolute Gasteiger partial charge is 0.290 e. The van der Waals surface area contributed by atoms with Crippen molar-refractivity contribution < 1.29 is 18.9 Å². The van der Waals surface area contributed by atoms with Crippen LogP contribution in [-0.4, -0.2) is 53.4 Å². The molecule has 3 aromatic rings. The number of fused-ring (bicyclic) bond motifs is 2. The lowest BCUT2D eigenvalue weighted by Gasteiger charge is -2.28. The van der Waals surface area contributed by atoms with Crippen LogP contribution in [0.3, 0.4) is 0 Å². The highest BCUT2D eigenvalue weighted by atomic mass is 16.6. The quantitative estimate of drug-likeness (QED) is 0.347. The third kappa shape index (κ3) is 4.14. The van der Waals surface area contributed by atoms with E-state index in [1.54, 1.807) is 35.2 Å². The number of amides is 1. The maximum absolute atomic E-state index is 13.6. The Morgan fingerprint density at radius 3 is 2.56 bits per heavy atom. The van der Waals surface area contributed by atoms with Crippen LogP contribution in [0.15, 0.2) is 51.7 Å². The monoisotopic (exact) mass is 465 g/mol. The van der Waals surface area contributed by atoms with Gasteiger partial charge in [0.25, 0.3) is 11.6 Å². The Morgan fingerprint density at radius 2 is 1.88 bits per heavy atom. The number of nitro benzene ring substituents is 1. The van der Waals surface area contributed by atoms with Crippen molar-refractivity contribution in [1.29, 1.82) is 0 Å². The normalized spacial score (nSPS) is 15.2. The molecule has 1 unspecified atom stereocenters. The lowest BCUT2D eigenvalue weighted by molar-refractivity contribution is -0.384.